The van der Waals surface area contributed by atoms with Gasteiger partial charge in [-0.05, 0) is 13.0 Å². The summed E-state index contributed by atoms with van der Waals surface area (Å²) < 4.78 is 5.12. The van der Waals surface area contributed by atoms with Gasteiger partial charge >= 0.3 is 6.09 Å². The lowest BCUT2D eigenvalue weighted by Gasteiger charge is -2.22. The zero-order valence-electron chi connectivity index (χ0n) is 9.03. The second-order valence-electron chi connectivity index (χ2n) is 3.67. The lowest BCUT2D eigenvalue weighted by Crippen LogP contribution is -2.39. The number of anilines is 1. The van der Waals surface area contributed by atoms with E-state index in [0.717, 1.165) is 0 Å². The van der Waals surface area contributed by atoms with Crippen LogP contribution in [0.15, 0.2) is 24.3 Å². The van der Waals surface area contributed by atoms with E-state index in [2.05, 4.69) is 10.6 Å². The van der Waals surface area contributed by atoms with Crippen molar-refractivity contribution < 1.29 is 14.3 Å². The molecule has 0 spiro atoms. The van der Waals surface area contributed by atoms with Crippen molar-refractivity contribution in [3.05, 3.63) is 29.8 Å². The molecule has 0 radical (unpaired) electrons. The molecule has 5 nitrogen and oxygen atoms in total. The second-order valence-corrected chi connectivity index (χ2v) is 3.67. The molecule has 2 amide bonds. The summed E-state index contributed by atoms with van der Waals surface area (Å²) in [6, 6.07) is 7.14. The summed E-state index contributed by atoms with van der Waals surface area (Å²) >= 11 is 0. The Morgan fingerprint density at radius 2 is 2.12 bits per heavy atom. The predicted octanol–water partition coefficient (Wildman–Crippen LogP) is 1.21. The highest BCUT2D eigenvalue weighted by Crippen LogP contribution is 2.38. The average Bonchev–Trinajstić information content (AvgIpc) is 2.52. The lowest BCUT2D eigenvalue weighted by molar-refractivity contribution is -0.132. The first-order valence-electron chi connectivity index (χ1n) is 4.89. The van der Waals surface area contributed by atoms with Crippen LogP contribution in [0.1, 0.15) is 12.5 Å². The molecule has 1 atom stereocenters. The molecule has 1 aromatic carbocycles. The first kappa shape index (κ1) is 10.5. The molecule has 0 bridgehead atoms. The third-order valence-electron chi connectivity index (χ3n) is 2.62. The van der Waals surface area contributed by atoms with E-state index >= 15 is 0 Å². The predicted molar refractivity (Wildman–Crippen MR) is 58.0 cm³/mol. The standard InChI is InChI=1S/C11H12N2O3/c1-11(16-10(15)12-2)7-5-3-4-6-8(7)13-9(11)14/h3-6H,1-2H3,(H,12,15)(H,13,14). The minimum atomic E-state index is -1.25. The SMILES string of the molecule is CNC(=O)OC1(C)C(=O)Nc2ccccc21. The van der Waals surface area contributed by atoms with Crippen LogP contribution in [0.4, 0.5) is 10.5 Å². The summed E-state index contributed by atoms with van der Waals surface area (Å²) in [5, 5.41) is 5.00. The van der Waals surface area contributed by atoms with Crippen LogP contribution in [0.2, 0.25) is 0 Å². The highest BCUT2D eigenvalue weighted by atomic mass is 16.6. The van der Waals surface area contributed by atoms with Gasteiger partial charge in [0, 0.05) is 18.3 Å². The zero-order chi connectivity index (χ0) is 11.8. The number of carbonyl (C=O) groups is 2. The van der Waals surface area contributed by atoms with E-state index in [1.807, 2.05) is 6.07 Å². The lowest BCUT2D eigenvalue weighted by atomic mass is 9.98. The topological polar surface area (TPSA) is 67.4 Å². The van der Waals surface area contributed by atoms with Crippen molar-refractivity contribution in [1.82, 2.24) is 5.32 Å². The van der Waals surface area contributed by atoms with Crippen molar-refractivity contribution in [2.24, 2.45) is 0 Å². The molecule has 1 aromatic rings. The van der Waals surface area contributed by atoms with Gasteiger partial charge in [-0.3, -0.25) is 4.79 Å². The van der Waals surface area contributed by atoms with Crippen molar-refractivity contribution in [3.63, 3.8) is 0 Å². The fourth-order valence-corrected chi connectivity index (χ4v) is 1.71. The Bertz CT molecular complexity index is 458. The number of ether oxygens (including phenoxy) is 1. The van der Waals surface area contributed by atoms with Gasteiger partial charge in [0.1, 0.15) is 0 Å². The van der Waals surface area contributed by atoms with Gasteiger partial charge in [-0.25, -0.2) is 4.79 Å². The highest BCUT2D eigenvalue weighted by molar-refractivity contribution is 6.05. The first-order chi connectivity index (χ1) is 7.58. The number of benzene rings is 1. The van der Waals surface area contributed by atoms with Gasteiger partial charge in [0.2, 0.25) is 5.60 Å². The number of alkyl carbamates (subject to hydrolysis) is 1. The Morgan fingerprint density at radius 1 is 1.44 bits per heavy atom. The Morgan fingerprint density at radius 3 is 2.81 bits per heavy atom. The number of nitrogens with one attached hydrogen (secondary N) is 2. The Balaban J connectivity index is 2.40. The summed E-state index contributed by atoms with van der Waals surface area (Å²) in [5.74, 6) is -0.336. The maximum absolute atomic E-state index is 11.8. The Kier molecular flexibility index (Phi) is 2.30. The molecule has 0 aromatic heterocycles. The quantitative estimate of drug-likeness (QED) is 0.747. The van der Waals surface area contributed by atoms with Crippen molar-refractivity contribution in [2.45, 2.75) is 12.5 Å². The van der Waals surface area contributed by atoms with Gasteiger partial charge in [-0.1, -0.05) is 18.2 Å². The monoisotopic (exact) mass is 220 g/mol. The molecule has 0 aliphatic carbocycles. The fourth-order valence-electron chi connectivity index (χ4n) is 1.71. The van der Waals surface area contributed by atoms with Gasteiger partial charge in [0.25, 0.3) is 5.91 Å². The van der Waals surface area contributed by atoms with Crippen LogP contribution in [0, 0.1) is 0 Å². The Hall–Kier alpha value is -2.04. The van der Waals surface area contributed by atoms with Crippen LogP contribution in [0.3, 0.4) is 0 Å². The van der Waals surface area contributed by atoms with E-state index in [0.29, 0.717) is 11.3 Å². The molecular weight excluding hydrogens is 208 g/mol. The van der Waals surface area contributed by atoms with Crippen molar-refractivity contribution >= 4 is 17.7 Å². The Labute approximate surface area is 92.8 Å². The van der Waals surface area contributed by atoms with Gasteiger partial charge in [-0.15, -0.1) is 0 Å². The van der Waals surface area contributed by atoms with Crippen LogP contribution in [0.25, 0.3) is 0 Å². The van der Waals surface area contributed by atoms with E-state index in [9.17, 15) is 9.59 Å². The summed E-state index contributed by atoms with van der Waals surface area (Å²) in [6.07, 6.45) is -0.630. The van der Waals surface area contributed by atoms with Crippen LogP contribution in [0.5, 0.6) is 0 Å². The molecule has 0 saturated carbocycles. The molecular formula is C11H12N2O3. The van der Waals surface area contributed by atoms with Crippen molar-refractivity contribution in [1.29, 1.82) is 0 Å². The minimum absolute atomic E-state index is 0.336. The summed E-state index contributed by atoms with van der Waals surface area (Å²) in [7, 11) is 1.45. The van der Waals surface area contributed by atoms with Crippen molar-refractivity contribution in [3.8, 4) is 0 Å². The molecule has 1 unspecified atom stereocenters. The van der Waals surface area contributed by atoms with Crippen LogP contribution in [-0.2, 0) is 15.1 Å². The van der Waals surface area contributed by atoms with Crippen molar-refractivity contribution in [2.75, 3.05) is 12.4 Å². The minimum Gasteiger partial charge on any atom is -0.428 e. The number of fused-ring (bicyclic) bond motifs is 1. The normalized spacial score (nSPS) is 22.2. The zero-order valence-corrected chi connectivity index (χ0v) is 9.03. The third kappa shape index (κ3) is 1.41. The van der Waals surface area contributed by atoms with Crippen LogP contribution >= 0.6 is 0 Å². The molecule has 2 N–H and O–H groups in total. The third-order valence-corrected chi connectivity index (χ3v) is 2.62. The maximum Gasteiger partial charge on any atom is 0.408 e. The van der Waals surface area contributed by atoms with E-state index in [-0.39, 0.29) is 5.91 Å². The summed E-state index contributed by atoms with van der Waals surface area (Å²) in [5.41, 5.74) is 0.0963. The van der Waals surface area contributed by atoms with Gasteiger partial charge in [0.15, 0.2) is 0 Å². The van der Waals surface area contributed by atoms with Gasteiger partial charge < -0.3 is 15.4 Å². The average molecular weight is 220 g/mol. The molecule has 0 saturated heterocycles. The number of rotatable bonds is 1. The number of amides is 2. The van der Waals surface area contributed by atoms with E-state index in [4.69, 9.17) is 4.74 Å². The number of carbonyl (C=O) groups excluding carboxylic acids is 2. The van der Waals surface area contributed by atoms with Crippen LogP contribution in [-0.4, -0.2) is 19.0 Å². The molecule has 1 aliphatic rings. The highest BCUT2D eigenvalue weighted by Gasteiger charge is 2.46. The molecule has 2 rings (SSSR count). The second kappa shape index (κ2) is 3.52. The molecule has 1 aliphatic heterocycles. The number of hydrogen-bond donors (Lipinski definition) is 2. The molecule has 16 heavy (non-hydrogen) atoms. The van der Waals surface area contributed by atoms with Crippen LogP contribution < -0.4 is 10.6 Å². The number of hydrogen-bond acceptors (Lipinski definition) is 3. The molecule has 1 heterocycles. The van der Waals surface area contributed by atoms with E-state index < -0.39 is 11.7 Å². The molecule has 84 valence electrons. The fraction of sp³-hybridized carbons (Fsp3) is 0.273. The molecule has 5 heteroatoms. The largest absolute Gasteiger partial charge is 0.428 e. The summed E-state index contributed by atoms with van der Waals surface area (Å²) in [6.45, 7) is 1.57. The number of para-hydroxylation sites is 1. The molecule has 0 fully saturated rings. The maximum atomic E-state index is 11.8. The van der Waals surface area contributed by atoms with Gasteiger partial charge in [-0.2, -0.15) is 0 Å². The van der Waals surface area contributed by atoms with E-state index in [1.165, 1.54) is 7.05 Å². The van der Waals surface area contributed by atoms with E-state index in [1.54, 1.807) is 25.1 Å². The smallest absolute Gasteiger partial charge is 0.408 e. The summed E-state index contributed by atoms with van der Waals surface area (Å²) in [4.78, 5) is 23.0. The van der Waals surface area contributed by atoms with Gasteiger partial charge in [0.05, 0.1) is 0 Å². The first-order valence-corrected chi connectivity index (χ1v) is 4.89.